The van der Waals surface area contributed by atoms with Crippen molar-refractivity contribution in [2.45, 2.75) is 19.2 Å². The number of halogens is 1. The lowest BCUT2D eigenvalue weighted by Crippen LogP contribution is -2.05. The van der Waals surface area contributed by atoms with Gasteiger partial charge in [0.25, 0.3) is 0 Å². The molecule has 0 heterocycles. The summed E-state index contributed by atoms with van der Waals surface area (Å²) in [5, 5.41) is 0. The Balaban J connectivity index is 3.15. The van der Waals surface area contributed by atoms with Crippen LogP contribution in [0, 0.1) is 0 Å². The van der Waals surface area contributed by atoms with Gasteiger partial charge < -0.3 is 4.74 Å². The molecule has 0 aromatic carbocycles. The molecule has 0 N–H and O–H groups in total. The topological polar surface area (TPSA) is 9.23 Å². The van der Waals surface area contributed by atoms with Crippen LogP contribution in [0.15, 0.2) is 25.3 Å². The highest BCUT2D eigenvalue weighted by Gasteiger charge is 2.01. The van der Waals surface area contributed by atoms with Crippen molar-refractivity contribution in [3.8, 4) is 0 Å². The first-order valence-electron chi connectivity index (χ1n) is 3.28. The van der Waals surface area contributed by atoms with E-state index in [0.717, 1.165) is 0 Å². The minimum atomic E-state index is -1.17. The molecule has 0 aliphatic heterocycles. The Morgan fingerprint density at radius 2 is 2.10 bits per heavy atom. The summed E-state index contributed by atoms with van der Waals surface area (Å²) in [6, 6.07) is 0. The first-order chi connectivity index (χ1) is 4.81. The molecule has 0 saturated carbocycles. The number of ether oxygens (including phenoxy) is 1. The summed E-state index contributed by atoms with van der Waals surface area (Å²) < 4.78 is 17.1. The van der Waals surface area contributed by atoms with Crippen LogP contribution in [0.25, 0.3) is 0 Å². The van der Waals surface area contributed by atoms with E-state index in [4.69, 9.17) is 0 Å². The number of hydrogen-bond donors (Lipinski definition) is 0. The minimum absolute atomic E-state index is 0.276. The van der Waals surface area contributed by atoms with Crippen molar-refractivity contribution < 1.29 is 9.13 Å². The number of allylic oxidation sites excluding steroid dienone is 1. The molecule has 0 amide bonds. The summed E-state index contributed by atoms with van der Waals surface area (Å²) in [6.45, 7) is 7.15. The molecular weight excluding hydrogens is 131 g/mol. The van der Waals surface area contributed by atoms with E-state index < -0.39 is 6.36 Å². The SMILES string of the molecule is C=CCCC(F)OCC=C. The van der Waals surface area contributed by atoms with Crippen molar-refractivity contribution >= 4 is 0 Å². The van der Waals surface area contributed by atoms with Crippen LogP contribution in [0.3, 0.4) is 0 Å². The highest BCUT2D eigenvalue weighted by Crippen LogP contribution is 2.03. The third-order valence-electron chi connectivity index (χ3n) is 0.993. The highest BCUT2D eigenvalue weighted by atomic mass is 19.1. The maximum Gasteiger partial charge on any atom is 0.199 e. The molecule has 1 unspecified atom stereocenters. The average Bonchev–Trinajstić information content (AvgIpc) is 1.97. The Kier molecular flexibility index (Phi) is 6.08. The molecule has 0 bridgehead atoms. The van der Waals surface area contributed by atoms with Crippen molar-refractivity contribution in [1.29, 1.82) is 0 Å². The summed E-state index contributed by atoms with van der Waals surface area (Å²) in [5.41, 5.74) is 0. The second-order valence-corrected chi connectivity index (χ2v) is 1.90. The quantitative estimate of drug-likeness (QED) is 0.520. The molecule has 0 aliphatic carbocycles. The smallest absolute Gasteiger partial charge is 0.199 e. The Morgan fingerprint density at radius 1 is 1.40 bits per heavy atom. The third kappa shape index (κ3) is 5.51. The van der Waals surface area contributed by atoms with E-state index >= 15 is 0 Å². The van der Waals surface area contributed by atoms with E-state index in [9.17, 15) is 4.39 Å². The van der Waals surface area contributed by atoms with E-state index in [1.165, 1.54) is 6.08 Å². The lowest BCUT2D eigenvalue weighted by molar-refractivity contribution is -0.0288. The molecule has 2 heteroatoms. The fourth-order valence-electron chi connectivity index (χ4n) is 0.505. The second-order valence-electron chi connectivity index (χ2n) is 1.90. The number of alkyl halides is 1. The van der Waals surface area contributed by atoms with Gasteiger partial charge in [0.15, 0.2) is 6.36 Å². The molecule has 0 rings (SSSR count). The Labute approximate surface area is 61.2 Å². The van der Waals surface area contributed by atoms with Crippen LogP contribution < -0.4 is 0 Å². The molecule has 58 valence electrons. The summed E-state index contributed by atoms with van der Waals surface area (Å²) in [7, 11) is 0. The normalized spacial score (nSPS) is 12.5. The standard InChI is InChI=1S/C8H13FO/c1-3-5-6-8(9)10-7-4-2/h3-4,8H,1-2,5-7H2. The zero-order valence-electron chi connectivity index (χ0n) is 6.05. The Hall–Kier alpha value is -0.630. The van der Waals surface area contributed by atoms with Crippen LogP contribution in [-0.2, 0) is 4.74 Å². The van der Waals surface area contributed by atoms with Crippen molar-refractivity contribution in [3.63, 3.8) is 0 Å². The number of hydrogen-bond acceptors (Lipinski definition) is 1. The maximum atomic E-state index is 12.5. The predicted octanol–water partition coefficient (Wildman–Crippen LogP) is 2.45. The van der Waals surface area contributed by atoms with Gasteiger partial charge in [-0.25, -0.2) is 4.39 Å². The Morgan fingerprint density at radius 3 is 2.60 bits per heavy atom. The van der Waals surface area contributed by atoms with Crippen LogP contribution in [0.2, 0.25) is 0 Å². The molecule has 0 fully saturated rings. The highest BCUT2D eigenvalue weighted by molar-refractivity contribution is 4.68. The van der Waals surface area contributed by atoms with Gasteiger partial charge >= 0.3 is 0 Å². The van der Waals surface area contributed by atoms with Crippen LogP contribution >= 0.6 is 0 Å². The first-order valence-corrected chi connectivity index (χ1v) is 3.28. The fourth-order valence-corrected chi connectivity index (χ4v) is 0.505. The van der Waals surface area contributed by atoms with Crippen molar-refractivity contribution in [2.24, 2.45) is 0 Å². The minimum Gasteiger partial charge on any atom is -0.344 e. The predicted molar refractivity (Wildman–Crippen MR) is 40.5 cm³/mol. The zero-order chi connectivity index (χ0) is 7.82. The van der Waals surface area contributed by atoms with Gasteiger partial charge in [-0.05, 0) is 6.42 Å². The van der Waals surface area contributed by atoms with Gasteiger partial charge in [-0.1, -0.05) is 12.2 Å². The summed E-state index contributed by atoms with van der Waals surface area (Å²) in [4.78, 5) is 0. The number of rotatable bonds is 6. The molecule has 1 atom stereocenters. The molecule has 0 aromatic rings. The fraction of sp³-hybridized carbons (Fsp3) is 0.500. The zero-order valence-corrected chi connectivity index (χ0v) is 6.05. The van der Waals surface area contributed by atoms with Crippen molar-refractivity contribution in [2.75, 3.05) is 6.61 Å². The van der Waals surface area contributed by atoms with Gasteiger partial charge in [0, 0.05) is 6.42 Å². The molecule has 0 aliphatic rings. The lowest BCUT2D eigenvalue weighted by Gasteiger charge is -2.04. The lowest BCUT2D eigenvalue weighted by atomic mass is 10.3. The molecule has 0 radical (unpaired) electrons. The van der Waals surface area contributed by atoms with Gasteiger partial charge in [-0.2, -0.15) is 0 Å². The van der Waals surface area contributed by atoms with Gasteiger partial charge in [0.05, 0.1) is 6.61 Å². The summed E-state index contributed by atoms with van der Waals surface area (Å²) in [5.74, 6) is 0. The monoisotopic (exact) mass is 144 g/mol. The molecule has 0 saturated heterocycles. The first kappa shape index (κ1) is 9.37. The van der Waals surface area contributed by atoms with Crippen molar-refractivity contribution in [1.82, 2.24) is 0 Å². The van der Waals surface area contributed by atoms with Crippen LogP contribution in [-0.4, -0.2) is 13.0 Å². The molecule has 0 aromatic heterocycles. The Bertz CT molecular complexity index is 89.4. The van der Waals surface area contributed by atoms with Gasteiger partial charge in [0.2, 0.25) is 0 Å². The summed E-state index contributed by atoms with van der Waals surface area (Å²) >= 11 is 0. The van der Waals surface area contributed by atoms with E-state index in [0.29, 0.717) is 12.8 Å². The van der Waals surface area contributed by atoms with E-state index in [1.54, 1.807) is 6.08 Å². The van der Waals surface area contributed by atoms with Crippen LogP contribution in [0.4, 0.5) is 4.39 Å². The molecule has 1 nitrogen and oxygen atoms in total. The van der Waals surface area contributed by atoms with E-state index in [2.05, 4.69) is 17.9 Å². The van der Waals surface area contributed by atoms with E-state index in [1.807, 2.05) is 0 Å². The van der Waals surface area contributed by atoms with Gasteiger partial charge in [-0.15, -0.1) is 13.2 Å². The van der Waals surface area contributed by atoms with Crippen molar-refractivity contribution in [3.05, 3.63) is 25.3 Å². The van der Waals surface area contributed by atoms with Gasteiger partial charge in [-0.3, -0.25) is 0 Å². The average molecular weight is 144 g/mol. The van der Waals surface area contributed by atoms with Crippen LogP contribution in [0.1, 0.15) is 12.8 Å². The third-order valence-corrected chi connectivity index (χ3v) is 0.993. The molecular formula is C8H13FO. The maximum absolute atomic E-state index is 12.5. The largest absolute Gasteiger partial charge is 0.344 e. The second kappa shape index (κ2) is 6.49. The van der Waals surface area contributed by atoms with Gasteiger partial charge in [0.1, 0.15) is 0 Å². The van der Waals surface area contributed by atoms with E-state index in [-0.39, 0.29) is 6.61 Å². The molecule has 10 heavy (non-hydrogen) atoms. The molecule has 0 spiro atoms. The van der Waals surface area contributed by atoms with Crippen LogP contribution in [0.5, 0.6) is 0 Å². The summed E-state index contributed by atoms with van der Waals surface area (Å²) in [6.07, 6.45) is 3.07.